The molecule has 0 unspecified atom stereocenters. The van der Waals surface area contributed by atoms with Crippen molar-refractivity contribution in [3.8, 4) is 0 Å². The van der Waals surface area contributed by atoms with Gasteiger partial charge in [0, 0.05) is 27.7 Å². The summed E-state index contributed by atoms with van der Waals surface area (Å²) in [6, 6.07) is 6.15. The van der Waals surface area contributed by atoms with E-state index in [-0.39, 0.29) is 6.03 Å². The molecular weight excluding hydrogens is 288 g/mol. The molecule has 128 valence electrons. The number of urea groups is 1. The van der Waals surface area contributed by atoms with Gasteiger partial charge in [-0.1, -0.05) is 39.0 Å². The molecule has 0 aliphatic heterocycles. The number of carbonyl (C=O) groups excluding carboxylic acids is 1. The van der Waals surface area contributed by atoms with Gasteiger partial charge in [-0.15, -0.1) is 0 Å². The summed E-state index contributed by atoms with van der Waals surface area (Å²) in [4.78, 5) is 20.6. The third-order valence-corrected chi connectivity index (χ3v) is 3.78. The molecule has 5 heteroatoms. The lowest BCUT2D eigenvalue weighted by molar-refractivity contribution is 0.249. The van der Waals surface area contributed by atoms with Gasteiger partial charge < -0.3 is 4.90 Å². The minimum Gasteiger partial charge on any atom is -0.349 e. The third kappa shape index (κ3) is 4.71. The number of hydrogen-bond donors (Lipinski definition) is 1. The van der Waals surface area contributed by atoms with Gasteiger partial charge in [-0.2, -0.15) is 0 Å². The van der Waals surface area contributed by atoms with Crippen molar-refractivity contribution >= 4 is 17.7 Å². The zero-order valence-electron chi connectivity index (χ0n) is 15.3. The van der Waals surface area contributed by atoms with Crippen LogP contribution in [0.1, 0.15) is 38.3 Å². The van der Waals surface area contributed by atoms with E-state index in [1.165, 1.54) is 11.1 Å². The molecule has 0 saturated carbocycles. The molecule has 1 N–H and O–H groups in total. The van der Waals surface area contributed by atoms with Crippen molar-refractivity contribution in [2.45, 2.75) is 40.0 Å². The molecule has 0 aliphatic carbocycles. The van der Waals surface area contributed by atoms with Crippen molar-refractivity contribution < 1.29 is 4.79 Å². The highest BCUT2D eigenvalue weighted by atomic mass is 16.2. The first-order valence-electron chi connectivity index (χ1n) is 8.33. The molecule has 0 aromatic heterocycles. The molecule has 1 aromatic rings. The van der Waals surface area contributed by atoms with Gasteiger partial charge in [0.25, 0.3) is 0 Å². The van der Waals surface area contributed by atoms with Crippen LogP contribution in [0.15, 0.2) is 23.2 Å². The Morgan fingerprint density at radius 1 is 1.13 bits per heavy atom. The summed E-state index contributed by atoms with van der Waals surface area (Å²) in [5.74, 6) is 0.558. The van der Waals surface area contributed by atoms with E-state index >= 15 is 0 Å². The molecular formula is C18H30N4O. The van der Waals surface area contributed by atoms with Crippen LogP contribution in [0.5, 0.6) is 0 Å². The fraction of sp³-hybridized carbons (Fsp3) is 0.556. The van der Waals surface area contributed by atoms with E-state index in [1.807, 2.05) is 19.0 Å². The average molecular weight is 318 g/mol. The summed E-state index contributed by atoms with van der Waals surface area (Å²) in [5, 5.41) is 2.92. The number of guanidine groups is 1. The molecule has 0 heterocycles. The maximum atomic E-state index is 12.9. The number of nitrogens with zero attached hydrogens (tertiary/aromatic N) is 3. The maximum Gasteiger partial charge on any atom is 0.328 e. The van der Waals surface area contributed by atoms with Gasteiger partial charge in [-0.05, 0) is 30.4 Å². The Balaban J connectivity index is 3.24. The van der Waals surface area contributed by atoms with Crippen molar-refractivity contribution in [3.05, 3.63) is 29.3 Å². The highest BCUT2D eigenvalue weighted by Crippen LogP contribution is 2.27. The topological polar surface area (TPSA) is 47.9 Å². The van der Waals surface area contributed by atoms with Gasteiger partial charge in [-0.25, -0.2) is 4.79 Å². The molecule has 23 heavy (non-hydrogen) atoms. The van der Waals surface area contributed by atoms with Crippen LogP contribution in [-0.4, -0.2) is 44.6 Å². The number of amides is 2. The first-order valence-corrected chi connectivity index (χ1v) is 8.33. The van der Waals surface area contributed by atoms with E-state index < -0.39 is 0 Å². The quantitative estimate of drug-likeness (QED) is 0.669. The maximum absolute atomic E-state index is 12.9. The van der Waals surface area contributed by atoms with E-state index in [9.17, 15) is 4.79 Å². The molecule has 2 amide bonds. The van der Waals surface area contributed by atoms with Crippen molar-refractivity contribution in [2.75, 3.05) is 32.6 Å². The zero-order chi connectivity index (χ0) is 17.4. The monoisotopic (exact) mass is 318 g/mol. The van der Waals surface area contributed by atoms with Crippen molar-refractivity contribution in [1.29, 1.82) is 0 Å². The summed E-state index contributed by atoms with van der Waals surface area (Å²) in [6.45, 7) is 7.01. The van der Waals surface area contributed by atoms with Gasteiger partial charge >= 0.3 is 6.03 Å². The van der Waals surface area contributed by atoms with Crippen LogP contribution in [-0.2, 0) is 12.8 Å². The molecule has 0 radical (unpaired) electrons. The normalized spacial score (nSPS) is 11.3. The molecule has 0 bridgehead atoms. The van der Waals surface area contributed by atoms with Crippen molar-refractivity contribution in [1.82, 2.24) is 10.2 Å². The highest BCUT2D eigenvalue weighted by Gasteiger charge is 2.21. The predicted octanol–water partition coefficient (Wildman–Crippen LogP) is 3.28. The second-order valence-corrected chi connectivity index (χ2v) is 5.66. The summed E-state index contributed by atoms with van der Waals surface area (Å²) in [7, 11) is 5.41. The van der Waals surface area contributed by atoms with E-state index in [2.05, 4.69) is 49.3 Å². The smallest absolute Gasteiger partial charge is 0.328 e. The van der Waals surface area contributed by atoms with E-state index in [0.717, 1.165) is 24.9 Å². The highest BCUT2D eigenvalue weighted by molar-refractivity contribution is 6.04. The van der Waals surface area contributed by atoms with Gasteiger partial charge in [0.2, 0.25) is 5.96 Å². The first kappa shape index (κ1) is 19.0. The minimum atomic E-state index is -0.128. The van der Waals surface area contributed by atoms with Crippen LogP contribution in [0.2, 0.25) is 0 Å². The number of aryl methyl sites for hydroxylation is 2. The number of benzene rings is 1. The molecule has 0 saturated heterocycles. The summed E-state index contributed by atoms with van der Waals surface area (Å²) in [5.41, 5.74) is 3.45. The standard InChI is InChI=1S/C18H30N4O/c1-7-13-22(18(23)20-17(19-4)21(5)6)16-14(8-2)11-10-12-15(16)9-3/h10-12H,7-9,13H2,1-6H3,(H,19,20,23). The molecule has 0 atom stereocenters. The summed E-state index contributed by atoms with van der Waals surface area (Å²) in [6.07, 6.45) is 2.70. The summed E-state index contributed by atoms with van der Waals surface area (Å²) >= 11 is 0. The number of aliphatic imine (C=N–C) groups is 1. The number of hydrogen-bond acceptors (Lipinski definition) is 2. The number of para-hydroxylation sites is 1. The Hall–Kier alpha value is -2.04. The molecule has 0 fully saturated rings. The lowest BCUT2D eigenvalue weighted by atomic mass is 10.0. The second kappa shape index (κ2) is 9.18. The Morgan fingerprint density at radius 3 is 2.09 bits per heavy atom. The Labute approximate surface area is 140 Å². The van der Waals surface area contributed by atoms with Gasteiger partial charge in [0.1, 0.15) is 0 Å². The van der Waals surface area contributed by atoms with E-state index in [4.69, 9.17) is 0 Å². The molecule has 5 nitrogen and oxygen atoms in total. The van der Waals surface area contributed by atoms with Gasteiger partial charge in [0.15, 0.2) is 0 Å². The van der Waals surface area contributed by atoms with Crippen LogP contribution in [0.4, 0.5) is 10.5 Å². The summed E-state index contributed by atoms with van der Waals surface area (Å²) < 4.78 is 0. The third-order valence-electron chi connectivity index (χ3n) is 3.78. The predicted molar refractivity (Wildman–Crippen MR) is 98.4 cm³/mol. The Kier molecular flexibility index (Phi) is 7.59. The van der Waals surface area contributed by atoms with Crippen LogP contribution in [0.3, 0.4) is 0 Å². The molecule has 1 rings (SSSR count). The largest absolute Gasteiger partial charge is 0.349 e. The Morgan fingerprint density at radius 2 is 1.70 bits per heavy atom. The van der Waals surface area contributed by atoms with Crippen molar-refractivity contribution in [2.24, 2.45) is 4.99 Å². The fourth-order valence-electron chi connectivity index (χ4n) is 2.63. The lowest BCUT2D eigenvalue weighted by Gasteiger charge is -2.28. The van der Waals surface area contributed by atoms with E-state index in [0.29, 0.717) is 12.5 Å². The number of rotatable bonds is 5. The van der Waals surface area contributed by atoms with Gasteiger partial charge in [-0.3, -0.25) is 15.2 Å². The average Bonchev–Trinajstić information content (AvgIpc) is 2.56. The van der Waals surface area contributed by atoms with Crippen LogP contribution >= 0.6 is 0 Å². The molecule has 1 aromatic carbocycles. The van der Waals surface area contributed by atoms with Crippen LogP contribution in [0.25, 0.3) is 0 Å². The second-order valence-electron chi connectivity index (χ2n) is 5.66. The van der Waals surface area contributed by atoms with E-state index in [1.54, 1.807) is 11.9 Å². The molecule has 0 spiro atoms. The minimum absolute atomic E-state index is 0.128. The number of carbonyl (C=O) groups is 1. The van der Waals surface area contributed by atoms with Gasteiger partial charge in [0.05, 0.1) is 5.69 Å². The number of nitrogens with one attached hydrogen (secondary N) is 1. The Bertz CT molecular complexity index is 530. The molecule has 0 aliphatic rings. The fourth-order valence-corrected chi connectivity index (χ4v) is 2.63. The van der Waals surface area contributed by atoms with Crippen molar-refractivity contribution in [3.63, 3.8) is 0 Å². The zero-order valence-corrected chi connectivity index (χ0v) is 15.3. The van der Waals surface area contributed by atoms with Crippen LogP contribution < -0.4 is 10.2 Å². The number of anilines is 1. The SMILES string of the molecule is CCCN(C(=O)NC(=NC)N(C)C)c1c(CC)cccc1CC. The first-order chi connectivity index (χ1) is 11.0. The van der Waals surface area contributed by atoms with Crippen LogP contribution in [0, 0.1) is 0 Å². The lowest BCUT2D eigenvalue weighted by Crippen LogP contribution is -2.48.